The third kappa shape index (κ3) is 1.83. The van der Waals surface area contributed by atoms with Gasteiger partial charge in [-0.25, -0.2) is 0 Å². The topological polar surface area (TPSA) is 35.2 Å². The highest BCUT2D eigenvalue weighted by molar-refractivity contribution is 5.34. The van der Waals surface area contributed by atoms with Crippen molar-refractivity contribution < 1.29 is 4.74 Å². The van der Waals surface area contributed by atoms with Gasteiger partial charge in [0, 0.05) is 12.0 Å². The minimum absolute atomic E-state index is 0.372. The molecule has 0 radical (unpaired) electrons. The Bertz CT molecular complexity index is 298. The summed E-state index contributed by atoms with van der Waals surface area (Å²) >= 11 is 0. The fourth-order valence-electron chi connectivity index (χ4n) is 1.60. The van der Waals surface area contributed by atoms with E-state index < -0.39 is 0 Å². The van der Waals surface area contributed by atoms with E-state index in [4.69, 9.17) is 10.5 Å². The average molecular weight is 177 g/mol. The molecule has 2 rings (SSSR count). The van der Waals surface area contributed by atoms with Crippen LogP contribution in [0.15, 0.2) is 24.3 Å². The Morgan fingerprint density at radius 2 is 2.31 bits per heavy atom. The molecule has 1 aromatic carbocycles. The van der Waals surface area contributed by atoms with Crippen LogP contribution >= 0.6 is 0 Å². The van der Waals surface area contributed by atoms with Crippen LogP contribution in [0.3, 0.4) is 0 Å². The first-order valence-corrected chi connectivity index (χ1v) is 4.79. The molecule has 0 bridgehead atoms. The van der Waals surface area contributed by atoms with Crippen LogP contribution in [0.1, 0.15) is 24.8 Å². The fourth-order valence-corrected chi connectivity index (χ4v) is 1.60. The zero-order chi connectivity index (χ0) is 9.26. The summed E-state index contributed by atoms with van der Waals surface area (Å²) < 4.78 is 5.42. The lowest BCUT2D eigenvalue weighted by Gasteiger charge is -2.04. The Balaban J connectivity index is 2.13. The summed E-state index contributed by atoms with van der Waals surface area (Å²) in [6.45, 7) is 2.72. The molecule has 0 unspecified atom stereocenters. The summed E-state index contributed by atoms with van der Waals surface area (Å²) in [6.07, 6.45) is 1.12. The molecule has 2 heteroatoms. The van der Waals surface area contributed by atoms with Gasteiger partial charge in [-0.05, 0) is 31.0 Å². The van der Waals surface area contributed by atoms with E-state index in [9.17, 15) is 0 Å². The van der Waals surface area contributed by atoms with Gasteiger partial charge < -0.3 is 10.5 Å². The van der Waals surface area contributed by atoms with Crippen molar-refractivity contribution in [2.24, 2.45) is 5.73 Å². The maximum Gasteiger partial charge on any atom is 0.119 e. The predicted molar refractivity (Wildman–Crippen MR) is 52.9 cm³/mol. The van der Waals surface area contributed by atoms with Crippen LogP contribution in [0.25, 0.3) is 0 Å². The van der Waals surface area contributed by atoms with Gasteiger partial charge in [-0.2, -0.15) is 0 Å². The SMILES string of the molecule is CCOc1cccc([C@H]2C[C@@H]2N)c1. The van der Waals surface area contributed by atoms with Gasteiger partial charge in [0.2, 0.25) is 0 Å². The number of benzene rings is 1. The Hall–Kier alpha value is -1.02. The molecule has 1 aliphatic carbocycles. The number of rotatable bonds is 3. The maximum atomic E-state index is 5.78. The highest BCUT2D eigenvalue weighted by Crippen LogP contribution is 2.39. The second kappa shape index (κ2) is 3.38. The molecule has 0 aliphatic heterocycles. The first kappa shape index (κ1) is 8.57. The van der Waals surface area contributed by atoms with E-state index in [1.54, 1.807) is 0 Å². The van der Waals surface area contributed by atoms with Crippen LogP contribution in [0.2, 0.25) is 0 Å². The summed E-state index contributed by atoms with van der Waals surface area (Å²) in [6, 6.07) is 8.62. The molecular weight excluding hydrogens is 162 g/mol. The van der Waals surface area contributed by atoms with E-state index in [0.717, 1.165) is 18.8 Å². The fraction of sp³-hybridized carbons (Fsp3) is 0.455. The first-order chi connectivity index (χ1) is 6.31. The molecule has 0 aromatic heterocycles. The lowest BCUT2D eigenvalue weighted by Crippen LogP contribution is -2.01. The highest BCUT2D eigenvalue weighted by Gasteiger charge is 2.34. The van der Waals surface area contributed by atoms with Crippen molar-refractivity contribution >= 4 is 0 Å². The highest BCUT2D eigenvalue weighted by atomic mass is 16.5. The van der Waals surface area contributed by atoms with Gasteiger partial charge in [-0.3, -0.25) is 0 Å². The van der Waals surface area contributed by atoms with Crippen LogP contribution in [-0.4, -0.2) is 12.6 Å². The first-order valence-electron chi connectivity index (χ1n) is 4.79. The third-order valence-corrected chi connectivity index (χ3v) is 2.44. The van der Waals surface area contributed by atoms with Crippen molar-refractivity contribution in [2.45, 2.75) is 25.3 Å². The molecule has 0 heterocycles. The number of hydrogen-bond donors (Lipinski definition) is 1. The normalized spacial score (nSPS) is 25.7. The third-order valence-electron chi connectivity index (χ3n) is 2.44. The Morgan fingerprint density at radius 3 is 2.92 bits per heavy atom. The minimum atomic E-state index is 0.372. The van der Waals surface area contributed by atoms with Gasteiger partial charge in [0.15, 0.2) is 0 Å². The Morgan fingerprint density at radius 1 is 1.54 bits per heavy atom. The lowest BCUT2D eigenvalue weighted by atomic mass is 10.1. The molecule has 1 fully saturated rings. The molecule has 2 nitrogen and oxygen atoms in total. The van der Waals surface area contributed by atoms with Crippen LogP contribution in [0.4, 0.5) is 0 Å². The summed E-state index contributed by atoms with van der Waals surface area (Å²) in [5.74, 6) is 1.53. The monoisotopic (exact) mass is 177 g/mol. The van der Waals surface area contributed by atoms with E-state index >= 15 is 0 Å². The zero-order valence-electron chi connectivity index (χ0n) is 7.86. The molecule has 1 saturated carbocycles. The quantitative estimate of drug-likeness (QED) is 0.765. The summed E-state index contributed by atoms with van der Waals surface area (Å²) in [4.78, 5) is 0. The average Bonchev–Trinajstić information content (AvgIpc) is 2.84. The summed E-state index contributed by atoms with van der Waals surface area (Å²) in [7, 11) is 0. The van der Waals surface area contributed by atoms with Crippen molar-refractivity contribution in [1.29, 1.82) is 0 Å². The molecule has 1 aliphatic rings. The van der Waals surface area contributed by atoms with Crippen LogP contribution in [0.5, 0.6) is 5.75 Å². The van der Waals surface area contributed by atoms with Gasteiger partial charge in [0.25, 0.3) is 0 Å². The van der Waals surface area contributed by atoms with E-state index in [1.807, 2.05) is 19.1 Å². The van der Waals surface area contributed by atoms with Crippen LogP contribution in [0, 0.1) is 0 Å². The number of nitrogens with two attached hydrogens (primary N) is 1. The standard InChI is InChI=1S/C11H15NO/c1-2-13-9-5-3-4-8(6-9)10-7-11(10)12/h3-6,10-11H,2,7,12H2,1H3/t10-,11+/m1/s1. The molecule has 2 N–H and O–H groups in total. The second-order valence-electron chi connectivity index (χ2n) is 3.51. The van der Waals surface area contributed by atoms with E-state index in [0.29, 0.717) is 12.0 Å². The van der Waals surface area contributed by atoms with Crippen molar-refractivity contribution in [3.63, 3.8) is 0 Å². The van der Waals surface area contributed by atoms with Crippen LogP contribution < -0.4 is 10.5 Å². The Kier molecular flexibility index (Phi) is 2.23. The van der Waals surface area contributed by atoms with Gasteiger partial charge in [-0.1, -0.05) is 12.1 Å². The molecule has 0 amide bonds. The largest absolute Gasteiger partial charge is 0.494 e. The van der Waals surface area contributed by atoms with Crippen molar-refractivity contribution in [3.05, 3.63) is 29.8 Å². The smallest absolute Gasteiger partial charge is 0.119 e. The number of hydrogen-bond acceptors (Lipinski definition) is 2. The van der Waals surface area contributed by atoms with E-state index in [-0.39, 0.29) is 0 Å². The van der Waals surface area contributed by atoms with E-state index in [2.05, 4.69) is 12.1 Å². The molecule has 0 saturated heterocycles. The van der Waals surface area contributed by atoms with Gasteiger partial charge in [0.1, 0.15) is 5.75 Å². The lowest BCUT2D eigenvalue weighted by molar-refractivity contribution is 0.340. The Labute approximate surface area is 78.7 Å². The van der Waals surface area contributed by atoms with Crippen LogP contribution in [-0.2, 0) is 0 Å². The maximum absolute atomic E-state index is 5.78. The second-order valence-corrected chi connectivity index (χ2v) is 3.51. The summed E-state index contributed by atoms with van der Waals surface area (Å²) in [5.41, 5.74) is 7.10. The molecule has 13 heavy (non-hydrogen) atoms. The molecule has 0 spiro atoms. The van der Waals surface area contributed by atoms with Crippen molar-refractivity contribution in [3.8, 4) is 5.75 Å². The molecule has 1 aromatic rings. The van der Waals surface area contributed by atoms with Gasteiger partial charge in [-0.15, -0.1) is 0 Å². The van der Waals surface area contributed by atoms with E-state index in [1.165, 1.54) is 5.56 Å². The van der Waals surface area contributed by atoms with Gasteiger partial charge >= 0.3 is 0 Å². The zero-order valence-corrected chi connectivity index (χ0v) is 7.86. The molecule has 70 valence electrons. The van der Waals surface area contributed by atoms with Crippen molar-refractivity contribution in [1.82, 2.24) is 0 Å². The minimum Gasteiger partial charge on any atom is -0.494 e. The van der Waals surface area contributed by atoms with Crippen molar-refractivity contribution in [2.75, 3.05) is 6.61 Å². The summed E-state index contributed by atoms with van der Waals surface area (Å²) in [5, 5.41) is 0. The van der Waals surface area contributed by atoms with Gasteiger partial charge in [0.05, 0.1) is 6.61 Å². The number of ether oxygens (including phenoxy) is 1. The molecule has 2 atom stereocenters. The predicted octanol–water partition coefficient (Wildman–Crippen LogP) is 1.90. The molecular formula is C11H15NO.